The number of ether oxygens (including phenoxy) is 2. The molecule has 6 nitrogen and oxygen atoms in total. The molecule has 1 amide bonds. The second kappa shape index (κ2) is 9.19. The van der Waals surface area contributed by atoms with E-state index < -0.39 is 0 Å². The van der Waals surface area contributed by atoms with Crippen molar-refractivity contribution in [2.45, 2.75) is 32.7 Å². The summed E-state index contributed by atoms with van der Waals surface area (Å²) < 4.78 is 10.5. The van der Waals surface area contributed by atoms with Crippen LogP contribution in [0.25, 0.3) is 0 Å². The lowest BCUT2D eigenvalue weighted by Gasteiger charge is -2.29. The summed E-state index contributed by atoms with van der Waals surface area (Å²) in [5.41, 5.74) is 1.89. The zero-order valence-corrected chi connectivity index (χ0v) is 17.0. The van der Waals surface area contributed by atoms with Crippen LogP contribution in [-0.2, 0) is 17.8 Å². The molecule has 3 rings (SSSR count). The molecule has 1 aromatic heterocycles. The molecule has 0 radical (unpaired) electrons. The van der Waals surface area contributed by atoms with E-state index in [-0.39, 0.29) is 12.3 Å². The van der Waals surface area contributed by atoms with Crippen LogP contribution in [0.3, 0.4) is 0 Å². The highest BCUT2D eigenvalue weighted by molar-refractivity contribution is 7.13. The number of thiazole rings is 1. The number of nitrogens with zero attached hydrogens (tertiary/aromatic N) is 2. The predicted molar refractivity (Wildman–Crippen MR) is 108 cm³/mol. The standard InChI is InChI=1S/C20H27N3O3S/c1-14-6-8-23(9-7-14)12-16-13-27-20(21-16)22-19(24)11-15-4-5-17(25-2)18(10-15)26-3/h4-5,10,13-14H,6-9,11-12H2,1-3H3,(H,21,22,24). The molecule has 0 atom stereocenters. The second-order valence-corrected chi connectivity index (χ2v) is 7.88. The van der Waals surface area contributed by atoms with Crippen LogP contribution in [0.15, 0.2) is 23.6 Å². The number of nitrogens with one attached hydrogen (secondary N) is 1. The summed E-state index contributed by atoms with van der Waals surface area (Å²) in [7, 11) is 3.18. The number of piperidine rings is 1. The van der Waals surface area contributed by atoms with Gasteiger partial charge in [-0.1, -0.05) is 13.0 Å². The van der Waals surface area contributed by atoms with Gasteiger partial charge < -0.3 is 14.8 Å². The van der Waals surface area contributed by atoms with Gasteiger partial charge in [0.2, 0.25) is 5.91 Å². The molecule has 2 heterocycles. The van der Waals surface area contributed by atoms with E-state index in [0.29, 0.717) is 16.6 Å². The van der Waals surface area contributed by atoms with Gasteiger partial charge in [-0.15, -0.1) is 11.3 Å². The molecule has 1 fully saturated rings. The van der Waals surface area contributed by atoms with Gasteiger partial charge in [0.1, 0.15) is 0 Å². The average Bonchev–Trinajstić information content (AvgIpc) is 3.10. The third kappa shape index (κ3) is 5.43. The number of anilines is 1. The average molecular weight is 390 g/mol. The Bertz CT molecular complexity index is 770. The Kier molecular flexibility index (Phi) is 6.68. The molecule has 27 heavy (non-hydrogen) atoms. The van der Waals surface area contributed by atoms with E-state index in [2.05, 4.69) is 22.1 Å². The number of carbonyl (C=O) groups is 1. The van der Waals surface area contributed by atoms with E-state index in [0.717, 1.165) is 36.8 Å². The SMILES string of the molecule is COc1ccc(CC(=O)Nc2nc(CN3CCC(C)CC3)cs2)cc1OC. The number of rotatable bonds is 7. The molecule has 1 saturated heterocycles. The van der Waals surface area contributed by atoms with E-state index in [1.165, 1.54) is 24.2 Å². The maximum atomic E-state index is 12.3. The van der Waals surface area contributed by atoms with Crippen LogP contribution in [0.1, 0.15) is 31.0 Å². The topological polar surface area (TPSA) is 63.7 Å². The van der Waals surface area contributed by atoms with E-state index in [4.69, 9.17) is 9.47 Å². The minimum Gasteiger partial charge on any atom is -0.493 e. The summed E-state index contributed by atoms with van der Waals surface area (Å²) >= 11 is 1.48. The van der Waals surface area contributed by atoms with E-state index >= 15 is 0 Å². The Balaban J connectivity index is 1.53. The lowest BCUT2D eigenvalue weighted by molar-refractivity contribution is -0.115. The van der Waals surface area contributed by atoms with E-state index in [1.807, 2.05) is 23.6 Å². The van der Waals surface area contributed by atoms with Crippen LogP contribution in [0.5, 0.6) is 11.5 Å². The number of methoxy groups -OCH3 is 2. The Morgan fingerprint density at radius 3 is 2.70 bits per heavy atom. The highest BCUT2D eigenvalue weighted by atomic mass is 32.1. The summed E-state index contributed by atoms with van der Waals surface area (Å²) in [5, 5.41) is 5.58. The fourth-order valence-electron chi connectivity index (χ4n) is 3.23. The summed E-state index contributed by atoms with van der Waals surface area (Å²) in [5.74, 6) is 2.01. The molecule has 1 N–H and O–H groups in total. The first kappa shape index (κ1) is 19.6. The maximum Gasteiger partial charge on any atom is 0.230 e. The first-order valence-electron chi connectivity index (χ1n) is 9.25. The minimum absolute atomic E-state index is 0.0880. The largest absolute Gasteiger partial charge is 0.493 e. The van der Waals surface area contributed by atoms with Crippen LogP contribution < -0.4 is 14.8 Å². The number of aromatic nitrogens is 1. The number of amides is 1. The first-order chi connectivity index (χ1) is 13.1. The summed E-state index contributed by atoms with van der Waals surface area (Å²) in [6.45, 7) is 5.42. The van der Waals surface area contributed by atoms with Crippen molar-refractivity contribution >= 4 is 22.4 Å². The van der Waals surface area contributed by atoms with Crippen molar-refractivity contribution in [3.05, 3.63) is 34.8 Å². The Hall–Kier alpha value is -2.12. The molecule has 0 spiro atoms. The smallest absolute Gasteiger partial charge is 0.230 e. The van der Waals surface area contributed by atoms with Gasteiger partial charge in [0, 0.05) is 11.9 Å². The highest BCUT2D eigenvalue weighted by Gasteiger charge is 2.17. The lowest BCUT2D eigenvalue weighted by Crippen LogP contribution is -2.32. The Morgan fingerprint density at radius 2 is 2.00 bits per heavy atom. The van der Waals surface area contributed by atoms with Crippen LogP contribution in [-0.4, -0.2) is 43.1 Å². The molecule has 2 aromatic rings. The summed E-state index contributed by atoms with van der Waals surface area (Å²) in [6, 6.07) is 5.50. The van der Waals surface area contributed by atoms with Gasteiger partial charge in [0.25, 0.3) is 0 Å². The van der Waals surface area contributed by atoms with Gasteiger partial charge in [-0.25, -0.2) is 4.98 Å². The number of hydrogen-bond acceptors (Lipinski definition) is 6. The molecule has 0 unspecified atom stereocenters. The van der Waals surface area contributed by atoms with Gasteiger partial charge in [-0.3, -0.25) is 9.69 Å². The molecule has 1 aliphatic rings. The lowest BCUT2D eigenvalue weighted by atomic mass is 9.99. The molecule has 7 heteroatoms. The van der Waals surface area contributed by atoms with Gasteiger partial charge in [0.15, 0.2) is 16.6 Å². The number of hydrogen-bond donors (Lipinski definition) is 1. The zero-order chi connectivity index (χ0) is 19.2. The van der Waals surface area contributed by atoms with Gasteiger partial charge in [-0.05, 0) is 49.5 Å². The maximum absolute atomic E-state index is 12.3. The van der Waals surface area contributed by atoms with Crippen molar-refractivity contribution in [3.63, 3.8) is 0 Å². The fourth-order valence-corrected chi connectivity index (χ4v) is 3.94. The number of carbonyl (C=O) groups excluding carboxylic acids is 1. The zero-order valence-electron chi connectivity index (χ0n) is 16.2. The highest BCUT2D eigenvalue weighted by Crippen LogP contribution is 2.28. The van der Waals surface area contributed by atoms with E-state index in [9.17, 15) is 4.79 Å². The van der Waals surface area contributed by atoms with Crippen molar-refractivity contribution in [1.29, 1.82) is 0 Å². The number of likely N-dealkylation sites (tertiary alicyclic amines) is 1. The van der Waals surface area contributed by atoms with E-state index in [1.54, 1.807) is 14.2 Å². The Labute approximate surface area is 164 Å². The second-order valence-electron chi connectivity index (χ2n) is 7.02. The van der Waals surface area contributed by atoms with Crippen molar-refractivity contribution in [2.24, 2.45) is 5.92 Å². The molecule has 1 aromatic carbocycles. The third-order valence-corrected chi connectivity index (χ3v) is 5.68. The molecular weight excluding hydrogens is 362 g/mol. The molecule has 0 aliphatic carbocycles. The van der Waals surface area contributed by atoms with Gasteiger partial charge >= 0.3 is 0 Å². The van der Waals surface area contributed by atoms with Gasteiger partial charge in [0.05, 0.1) is 26.3 Å². The van der Waals surface area contributed by atoms with Crippen LogP contribution in [0.4, 0.5) is 5.13 Å². The first-order valence-corrected chi connectivity index (χ1v) is 10.1. The van der Waals surface area contributed by atoms with Crippen LogP contribution >= 0.6 is 11.3 Å². The molecule has 1 aliphatic heterocycles. The van der Waals surface area contributed by atoms with Crippen LogP contribution in [0.2, 0.25) is 0 Å². The van der Waals surface area contributed by atoms with Crippen molar-refractivity contribution in [2.75, 3.05) is 32.6 Å². The fraction of sp³-hybridized carbons (Fsp3) is 0.500. The predicted octanol–water partition coefficient (Wildman–Crippen LogP) is 3.57. The third-order valence-electron chi connectivity index (χ3n) is 4.87. The van der Waals surface area contributed by atoms with Crippen molar-refractivity contribution in [3.8, 4) is 11.5 Å². The van der Waals surface area contributed by atoms with Crippen molar-refractivity contribution in [1.82, 2.24) is 9.88 Å². The normalized spacial score (nSPS) is 15.5. The minimum atomic E-state index is -0.0880. The van der Waals surface area contributed by atoms with Crippen LogP contribution in [0, 0.1) is 5.92 Å². The summed E-state index contributed by atoms with van der Waals surface area (Å²) in [6.07, 6.45) is 2.76. The monoisotopic (exact) mass is 389 g/mol. The quantitative estimate of drug-likeness (QED) is 0.784. The van der Waals surface area contributed by atoms with Crippen molar-refractivity contribution < 1.29 is 14.3 Å². The number of benzene rings is 1. The summed E-state index contributed by atoms with van der Waals surface area (Å²) in [4.78, 5) is 19.3. The molecule has 146 valence electrons. The molecule has 0 saturated carbocycles. The molecular formula is C20H27N3O3S. The molecule has 0 bridgehead atoms. The Morgan fingerprint density at radius 1 is 1.26 bits per heavy atom. The van der Waals surface area contributed by atoms with Gasteiger partial charge in [-0.2, -0.15) is 0 Å².